The van der Waals surface area contributed by atoms with Crippen LogP contribution in [0.1, 0.15) is 28.4 Å². The van der Waals surface area contributed by atoms with Gasteiger partial charge in [0.15, 0.2) is 11.5 Å². The number of hydrazone groups is 1. The van der Waals surface area contributed by atoms with Crippen molar-refractivity contribution in [1.29, 1.82) is 0 Å². The lowest BCUT2D eigenvalue weighted by atomic mass is 10.1. The number of phenols is 1. The maximum atomic E-state index is 12.0. The van der Waals surface area contributed by atoms with Crippen molar-refractivity contribution in [3.8, 4) is 11.5 Å². The van der Waals surface area contributed by atoms with Gasteiger partial charge in [0.05, 0.1) is 12.8 Å². The average Bonchev–Trinajstić information content (AvgIpc) is 2.53. The number of rotatable bonds is 4. The molecule has 2 rings (SSSR count). The molecule has 0 fully saturated rings. The quantitative estimate of drug-likeness (QED) is 0.673. The molecule has 22 heavy (non-hydrogen) atoms. The topological polar surface area (TPSA) is 70.9 Å². The van der Waals surface area contributed by atoms with Gasteiger partial charge in [-0.25, -0.2) is 5.43 Å². The molecule has 2 N–H and O–H groups in total. The first-order chi connectivity index (χ1) is 10.5. The number of carbonyl (C=O) groups is 1. The van der Waals surface area contributed by atoms with E-state index >= 15 is 0 Å². The fourth-order valence-electron chi connectivity index (χ4n) is 1.87. The predicted octanol–water partition coefficient (Wildman–Crippen LogP) is 2.86. The number of aromatic hydroxyl groups is 1. The Bertz CT molecular complexity index is 706. The molecule has 0 radical (unpaired) electrons. The van der Waals surface area contributed by atoms with Crippen molar-refractivity contribution in [2.24, 2.45) is 5.10 Å². The average molecular weight is 298 g/mol. The summed E-state index contributed by atoms with van der Waals surface area (Å²) >= 11 is 0. The van der Waals surface area contributed by atoms with Crippen LogP contribution in [0.3, 0.4) is 0 Å². The Balaban J connectivity index is 2.12. The van der Waals surface area contributed by atoms with Gasteiger partial charge in [0.2, 0.25) is 0 Å². The van der Waals surface area contributed by atoms with Crippen molar-refractivity contribution < 1.29 is 14.6 Å². The number of methoxy groups -OCH3 is 1. The summed E-state index contributed by atoms with van der Waals surface area (Å²) in [7, 11) is 1.48. The van der Waals surface area contributed by atoms with E-state index in [2.05, 4.69) is 10.5 Å². The molecular weight excluding hydrogens is 280 g/mol. The Morgan fingerprint density at radius 1 is 1.14 bits per heavy atom. The molecule has 5 nitrogen and oxygen atoms in total. The fourth-order valence-corrected chi connectivity index (χ4v) is 1.87. The Kier molecular flexibility index (Phi) is 4.78. The van der Waals surface area contributed by atoms with E-state index < -0.39 is 0 Å². The van der Waals surface area contributed by atoms with Gasteiger partial charge in [-0.05, 0) is 44.2 Å². The van der Waals surface area contributed by atoms with Crippen LogP contribution in [-0.2, 0) is 0 Å². The first-order valence-corrected chi connectivity index (χ1v) is 6.80. The fraction of sp³-hybridized carbons (Fsp3) is 0.176. The highest BCUT2D eigenvalue weighted by Crippen LogP contribution is 2.26. The molecule has 5 heteroatoms. The maximum absolute atomic E-state index is 12.0. The molecule has 0 saturated heterocycles. The summed E-state index contributed by atoms with van der Waals surface area (Å²) in [6, 6.07) is 12.1. The number of carbonyl (C=O) groups excluding carboxylic acids is 1. The number of phenolic OH excluding ortho intramolecular Hbond substituents is 1. The molecule has 0 spiro atoms. The first kappa shape index (κ1) is 15.6. The van der Waals surface area contributed by atoms with Gasteiger partial charge in [-0.1, -0.05) is 17.7 Å². The normalized spacial score (nSPS) is 11.1. The molecule has 0 atom stereocenters. The lowest BCUT2D eigenvalue weighted by molar-refractivity contribution is 0.0955. The molecular formula is C17H18N2O3. The number of nitrogens with one attached hydrogen (secondary N) is 1. The molecule has 0 aliphatic carbocycles. The van der Waals surface area contributed by atoms with Crippen molar-refractivity contribution in [1.82, 2.24) is 5.43 Å². The summed E-state index contributed by atoms with van der Waals surface area (Å²) in [5.74, 6) is 0.143. The van der Waals surface area contributed by atoms with Gasteiger partial charge in [-0.3, -0.25) is 4.79 Å². The molecule has 0 aromatic heterocycles. The molecule has 1 amide bonds. The zero-order valence-electron chi connectivity index (χ0n) is 12.8. The SMILES string of the molecule is COc1cc(C(C)=NNC(=O)c2ccc(C)cc2)ccc1O. The van der Waals surface area contributed by atoms with E-state index in [1.165, 1.54) is 13.2 Å². The number of nitrogens with zero attached hydrogens (tertiary/aromatic N) is 1. The third-order valence-electron chi connectivity index (χ3n) is 3.24. The lowest BCUT2D eigenvalue weighted by Gasteiger charge is -2.07. The largest absolute Gasteiger partial charge is 0.504 e. The summed E-state index contributed by atoms with van der Waals surface area (Å²) < 4.78 is 5.05. The Labute approximate surface area is 129 Å². The van der Waals surface area contributed by atoms with Gasteiger partial charge in [-0.2, -0.15) is 5.10 Å². The van der Waals surface area contributed by atoms with E-state index in [1.54, 1.807) is 31.2 Å². The molecule has 0 heterocycles. The molecule has 2 aromatic carbocycles. The summed E-state index contributed by atoms with van der Waals surface area (Å²) in [5.41, 5.74) is 5.51. The number of aryl methyl sites for hydroxylation is 1. The number of hydrogen-bond donors (Lipinski definition) is 2. The highest BCUT2D eigenvalue weighted by Gasteiger charge is 2.07. The van der Waals surface area contributed by atoms with Gasteiger partial charge in [-0.15, -0.1) is 0 Å². The van der Waals surface area contributed by atoms with E-state index in [4.69, 9.17) is 4.74 Å². The number of ether oxygens (including phenoxy) is 1. The number of hydrogen-bond acceptors (Lipinski definition) is 4. The van der Waals surface area contributed by atoms with Crippen LogP contribution in [0.15, 0.2) is 47.6 Å². The van der Waals surface area contributed by atoms with Crippen molar-refractivity contribution in [2.75, 3.05) is 7.11 Å². The van der Waals surface area contributed by atoms with E-state index in [0.29, 0.717) is 17.0 Å². The number of benzene rings is 2. The highest BCUT2D eigenvalue weighted by molar-refractivity contribution is 6.01. The van der Waals surface area contributed by atoms with E-state index in [0.717, 1.165) is 11.1 Å². The molecule has 114 valence electrons. The second-order valence-electron chi connectivity index (χ2n) is 4.89. The van der Waals surface area contributed by atoms with Crippen molar-refractivity contribution >= 4 is 11.6 Å². The van der Waals surface area contributed by atoms with Crippen LogP contribution in [0.4, 0.5) is 0 Å². The molecule has 0 aliphatic heterocycles. The van der Waals surface area contributed by atoms with E-state index in [1.807, 2.05) is 19.1 Å². The van der Waals surface area contributed by atoms with Crippen LogP contribution < -0.4 is 10.2 Å². The first-order valence-electron chi connectivity index (χ1n) is 6.80. The number of amides is 1. The molecule has 0 bridgehead atoms. The molecule has 0 unspecified atom stereocenters. The minimum absolute atomic E-state index is 0.0581. The second-order valence-corrected chi connectivity index (χ2v) is 4.89. The van der Waals surface area contributed by atoms with Crippen LogP contribution in [0.2, 0.25) is 0 Å². The Morgan fingerprint density at radius 3 is 2.41 bits per heavy atom. The summed E-state index contributed by atoms with van der Waals surface area (Å²) in [6.45, 7) is 3.73. The van der Waals surface area contributed by atoms with Crippen LogP contribution >= 0.6 is 0 Å². The summed E-state index contributed by atoms with van der Waals surface area (Å²) in [5, 5.41) is 13.6. The minimum Gasteiger partial charge on any atom is -0.504 e. The summed E-state index contributed by atoms with van der Waals surface area (Å²) in [6.07, 6.45) is 0. The zero-order valence-corrected chi connectivity index (χ0v) is 12.8. The van der Waals surface area contributed by atoms with Gasteiger partial charge in [0.25, 0.3) is 5.91 Å². The highest BCUT2D eigenvalue weighted by atomic mass is 16.5. The van der Waals surface area contributed by atoms with Crippen LogP contribution in [0.5, 0.6) is 11.5 Å². The van der Waals surface area contributed by atoms with Crippen molar-refractivity contribution in [2.45, 2.75) is 13.8 Å². The second kappa shape index (κ2) is 6.76. The van der Waals surface area contributed by atoms with Crippen molar-refractivity contribution in [3.63, 3.8) is 0 Å². The predicted molar refractivity (Wildman–Crippen MR) is 85.5 cm³/mol. The van der Waals surface area contributed by atoms with Crippen LogP contribution in [0, 0.1) is 6.92 Å². The molecule has 0 saturated carbocycles. The summed E-state index contributed by atoms with van der Waals surface area (Å²) in [4.78, 5) is 12.0. The monoisotopic (exact) mass is 298 g/mol. The smallest absolute Gasteiger partial charge is 0.271 e. The molecule has 0 aliphatic rings. The third-order valence-corrected chi connectivity index (χ3v) is 3.24. The van der Waals surface area contributed by atoms with Gasteiger partial charge >= 0.3 is 0 Å². The van der Waals surface area contributed by atoms with E-state index in [-0.39, 0.29) is 11.7 Å². The van der Waals surface area contributed by atoms with Gasteiger partial charge < -0.3 is 9.84 Å². The lowest BCUT2D eigenvalue weighted by Crippen LogP contribution is -2.19. The zero-order chi connectivity index (χ0) is 16.1. The Morgan fingerprint density at radius 2 is 1.77 bits per heavy atom. The van der Waals surface area contributed by atoms with Gasteiger partial charge in [0.1, 0.15) is 0 Å². The Hall–Kier alpha value is -2.82. The van der Waals surface area contributed by atoms with Gasteiger partial charge in [0, 0.05) is 11.1 Å². The van der Waals surface area contributed by atoms with Crippen molar-refractivity contribution in [3.05, 3.63) is 59.2 Å². The van der Waals surface area contributed by atoms with Crippen LogP contribution in [0.25, 0.3) is 0 Å². The van der Waals surface area contributed by atoms with E-state index in [9.17, 15) is 9.90 Å². The molecule has 2 aromatic rings. The third kappa shape index (κ3) is 3.63. The minimum atomic E-state index is -0.273. The van der Waals surface area contributed by atoms with Crippen LogP contribution in [-0.4, -0.2) is 23.8 Å². The maximum Gasteiger partial charge on any atom is 0.271 e. The standard InChI is InChI=1S/C17H18N2O3/c1-11-4-6-13(7-5-11)17(21)19-18-12(2)14-8-9-15(20)16(10-14)22-3/h4-10,20H,1-3H3,(H,19,21).